The van der Waals surface area contributed by atoms with E-state index in [0.717, 1.165) is 73.0 Å². The number of aromatic nitrogens is 3. The van der Waals surface area contributed by atoms with Crippen LogP contribution >= 0.6 is 0 Å². The van der Waals surface area contributed by atoms with Gasteiger partial charge in [0.25, 0.3) is 0 Å². The maximum atomic E-state index is 6.43. The summed E-state index contributed by atoms with van der Waals surface area (Å²) in [4.78, 5) is 15.4. The molecule has 0 amide bonds. The summed E-state index contributed by atoms with van der Waals surface area (Å²) in [6.07, 6.45) is 9.39. The Balaban J connectivity index is 1.26. The molecule has 0 atom stereocenters. The fourth-order valence-electron chi connectivity index (χ4n) is 5.28. The van der Waals surface area contributed by atoms with Gasteiger partial charge in [-0.15, -0.1) is 0 Å². The molecular weight excluding hydrogens is 464 g/mol. The number of ether oxygens (including phenoxy) is 2. The van der Waals surface area contributed by atoms with Crippen molar-refractivity contribution in [2.75, 3.05) is 39.5 Å². The predicted octanol–water partition coefficient (Wildman–Crippen LogP) is 5.40. The summed E-state index contributed by atoms with van der Waals surface area (Å²) >= 11 is 0. The molecule has 1 aromatic carbocycles. The van der Waals surface area contributed by atoms with Crippen LogP contribution in [0.15, 0.2) is 65.6 Å². The van der Waals surface area contributed by atoms with Crippen LogP contribution in [0.1, 0.15) is 31.4 Å². The Morgan fingerprint density at radius 1 is 0.946 bits per heavy atom. The normalized spacial score (nSPS) is 17.0. The third-order valence-electron chi connectivity index (χ3n) is 7.49. The molecule has 190 valence electrons. The van der Waals surface area contributed by atoms with Crippen LogP contribution < -0.4 is 4.74 Å². The van der Waals surface area contributed by atoms with Gasteiger partial charge >= 0.3 is 6.01 Å². The zero-order valence-corrected chi connectivity index (χ0v) is 21.4. The van der Waals surface area contributed by atoms with E-state index >= 15 is 0 Å². The quantitative estimate of drug-likeness (QED) is 0.339. The van der Waals surface area contributed by atoms with Crippen molar-refractivity contribution in [3.8, 4) is 39.8 Å². The van der Waals surface area contributed by atoms with Crippen molar-refractivity contribution < 1.29 is 13.9 Å². The van der Waals surface area contributed by atoms with Crippen molar-refractivity contribution >= 4 is 0 Å². The van der Waals surface area contributed by atoms with Crippen molar-refractivity contribution in [2.45, 2.75) is 32.1 Å². The zero-order valence-electron chi connectivity index (χ0n) is 21.4. The van der Waals surface area contributed by atoms with Crippen LogP contribution in [0.4, 0.5) is 0 Å². The molecule has 0 radical (unpaired) electrons. The number of benzene rings is 1. The topological polar surface area (TPSA) is 73.5 Å². The molecule has 1 aliphatic heterocycles. The first-order chi connectivity index (χ1) is 18.1. The lowest BCUT2D eigenvalue weighted by Gasteiger charge is -2.26. The van der Waals surface area contributed by atoms with E-state index in [4.69, 9.17) is 13.9 Å². The number of morpholine rings is 1. The molecule has 1 saturated heterocycles. The van der Waals surface area contributed by atoms with Crippen molar-refractivity contribution in [1.29, 1.82) is 0 Å². The minimum Gasteiger partial charge on any atom is -0.462 e. The third kappa shape index (κ3) is 5.02. The van der Waals surface area contributed by atoms with E-state index in [0.29, 0.717) is 12.6 Å². The molecule has 6 rings (SSSR count). The Labute approximate surface area is 217 Å². The van der Waals surface area contributed by atoms with E-state index < -0.39 is 0 Å². The highest BCUT2D eigenvalue weighted by atomic mass is 16.5. The first-order valence-electron chi connectivity index (χ1n) is 13.0. The fourth-order valence-corrected chi connectivity index (χ4v) is 5.28. The molecule has 1 fully saturated rings. The second-order valence-corrected chi connectivity index (χ2v) is 10.4. The van der Waals surface area contributed by atoms with Crippen LogP contribution in [0.25, 0.3) is 33.8 Å². The van der Waals surface area contributed by atoms with Crippen molar-refractivity contribution in [1.82, 2.24) is 19.9 Å². The summed E-state index contributed by atoms with van der Waals surface area (Å²) in [6.45, 7) is 9.47. The van der Waals surface area contributed by atoms with E-state index in [1.807, 2.05) is 12.1 Å². The number of pyridine rings is 1. The van der Waals surface area contributed by atoms with Crippen LogP contribution in [0.3, 0.4) is 0 Å². The van der Waals surface area contributed by atoms with Crippen molar-refractivity contribution in [3.63, 3.8) is 0 Å². The summed E-state index contributed by atoms with van der Waals surface area (Å²) in [5.74, 6) is 1.54. The average molecular weight is 497 g/mol. The Hall–Kier alpha value is -3.55. The van der Waals surface area contributed by atoms with Crippen molar-refractivity contribution in [3.05, 3.63) is 72.3 Å². The van der Waals surface area contributed by atoms with Gasteiger partial charge in [-0.3, -0.25) is 9.88 Å². The minimum absolute atomic E-state index is 0.229. The number of fused-ring (bicyclic) bond motifs is 1. The van der Waals surface area contributed by atoms with Crippen LogP contribution in [0, 0.1) is 0 Å². The molecule has 0 N–H and O–H groups in total. The summed E-state index contributed by atoms with van der Waals surface area (Å²) in [7, 11) is 0. The summed E-state index contributed by atoms with van der Waals surface area (Å²) in [5.41, 5.74) is 7.11. The Morgan fingerprint density at radius 2 is 1.73 bits per heavy atom. The smallest absolute Gasteiger partial charge is 0.316 e. The lowest BCUT2D eigenvalue weighted by atomic mass is 9.86. The average Bonchev–Trinajstić information content (AvgIpc) is 3.51. The molecule has 1 aliphatic carbocycles. The van der Waals surface area contributed by atoms with E-state index in [1.54, 1.807) is 24.8 Å². The number of rotatable bonds is 7. The third-order valence-corrected chi connectivity index (χ3v) is 7.49. The van der Waals surface area contributed by atoms with Gasteiger partial charge in [-0.25, -0.2) is 9.97 Å². The lowest BCUT2D eigenvalue weighted by Crippen LogP contribution is -2.38. The molecule has 3 aromatic heterocycles. The summed E-state index contributed by atoms with van der Waals surface area (Å²) in [5, 5.41) is 0. The highest BCUT2D eigenvalue weighted by Crippen LogP contribution is 2.43. The molecule has 7 heteroatoms. The minimum atomic E-state index is 0.229. The van der Waals surface area contributed by atoms with Crippen LogP contribution in [0.5, 0.6) is 6.01 Å². The summed E-state index contributed by atoms with van der Waals surface area (Å²) < 4.78 is 17.6. The largest absolute Gasteiger partial charge is 0.462 e. The van der Waals surface area contributed by atoms with Crippen LogP contribution in [0.2, 0.25) is 0 Å². The van der Waals surface area contributed by atoms with Gasteiger partial charge in [-0.05, 0) is 53.1 Å². The summed E-state index contributed by atoms with van der Waals surface area (Å²) in [6, 6.07) is 13.2. The van der Waals surface area contributed by atoms with E-state index in [1.165, 1.54) is 17.5 Å². The SMILES string of the molecule is CC1(C)CCc2cc(-c3cc(-c4cnc(OCCN5CCOCC5)nc4)oc3-c3ccncc3)ccc21. The Kier molecular flexibility index (Phi) is 6.49. The Morgan fingerprint density at radius 3 is 2.51 bits per heavy atom. The first kappa shape index (κ1) is 23.8. The van der Waals surface area contributed by atoms with Gasteiger partial charge in [0.15, 0.2) is 0 Å². The number of hydrogen-bond donors (Lipinski definition) is 0. The molecular formula is C30H32N4O3. The molecule has 0 spiro atoms. The van der Waals surface area contributed by atoms with Gasteiger partial charge in [0.1, 0.15) is 18.1 Å². The molecule has 7 nitrogen and oxygen atoms in total. The zero-order chi connectivity index (χ0) is 25.2. The number of furan rings is 1. The number of hydrogen-bond acceptors (Lipinski definition) is 7. The maximum absolute atomic E-state index is 6.43. The Bertz CT molecular complexity index is 1360. The highest BCUT2D eigenvalue weighted by Gasteiger charge is 2.30. The molecule has 4 heterocycles. The molecule has 4 aromatic rings. The molecule has 2 aliphatic rings. The van der Waals surface area contributed by atoms with E-state index in [9.17, 15) is 0 Å². The number of aryl methyl sites for hydroxylation is 1. The highest BCUT2D eigenvalue weighted by molar-refractivity contribution is 5.84. The monoisotopic (exact) mass is 496 g/mol. The van der Waals surface area contributed by atoms with Gasteiger partial charge < -0.3 is 13.9 Å². The number of nitrogens with zero attached hydrogens (tertiary/aromatic N) is 4. The van der Waals surface area contributed by atoms with Gasteiger partial charge in [0.2, 0.25) is 0 Å². The second kappa shape index (κ2) is 10.1. The van der Waals surface area contributed by atoms with Crippen molar-refractivity contribution in [2.24, 2.45) is 0 Å². The van der Waals surface area contributed by atoms with E-state index in [-0.39, 0.29) is 5.41 Å². The molecule has 0 unspecified atom stereocenters. The van der Waals surface area contributed by atoms with Gasteiger partial charge in [-0.2, -0.15) is 0 Å². The maximum Gasteiger partial charge on any atom is 0.316 e. The molecule has 37 heavy (non-hydrogen) atoms. The van der Waals surface area contributed by atoms with Gasteiger partial charge in [-0.1, -0.05) is 32.0 Å². The van der Waals surface area contributed by atoms with Crippen LogP contribution in [-0.4, -0.2) is 59.3 Å². The first-order valence-corrected chi connectivity index (χ1v) is 13.0. The standard InChI is InChI=1S/C30H32N4O3/c1-30(2)8-5-23-17-22(3-4-26(23)30)25-18-27(37-28(25)21-6-9-31-10-7-21)24-19-32-29(33-20-24)36-16-13-34-11-14-35-15-12-34/h3-4,6-7,9-10,17-20H,5,8,11-16H2,1-2H3. The molecule has 0 saturated carbocycles. The predicted molar refractivity (Wildman–Crippen MR) is 143 cm³/mol. The molecule has 0 bridgehead atoms. The second-order valence-electron chi connectivity index (χ2n) is 10.4. The van der Waals surface area contributed by atoms with Gasteiger partial charge in [0, 0.05) is 55.5 Å². The van der Waals surface area contributed by atoms with E-state index in [2.05, 4.69) is 58.0 Å². The lowest BCUT2D eigenvalue weighted by molar-refractivity contribution is 0.0317. The van der Waals surface area contributed by atoms with Crippen LogP contribution in [-0.2, 0) is 16.6 Å². The fraction of sp³-hybridized carbons (Fsp3) is 0.367. The van der Waals surface area contributed by atoms with Gasteiger partial charge in [0.05, 0.1) is 18.8 Å².